The van der Waals surface area contributed by atoms with E-state index in [1.54, 1.807) is 0 Å². The van der Waals surface area contributed by atoms with Gasteiger partial charge in [-0.1, -0.05) is 163 Å². The van der Waals surface area contributed by atoms with Gasteiger partial charge in [-0.25, -0.2) is 0 Å². The first-order chi connectivity index (χ1) is 52.4. The molecule has 3 unspecified atom stereocenters. The summed E-state index contributed by atoms with van der Waals surface area (Å²) in [5.74, 6) is 11.7. The molecule has 0 aliphatic heterocycles. The lowest BCUT2D eigenvalue weighted by molar-refractivity contribution is -0.253. The first-order valence-corrected chi connectivity index (χ1v) is 47.7. The number of hydrogen-bond donors (Lipinski definition) is 5. The molecule has 112 heavy (non-hydrogen) atoms. The zero-order chi connectivity index (χ0) is 81.9. The van der Waals surface area contributed by atoms with Crippen LogP contribution in [0.3, 0.4) is 0 Å². The Morgan fingerprint density at radius 3 is 0.938 bits per heavy atom. The highest BCUT2D eigenvalue weighted by molar-refractivity contribution is 5.31. The minimum Gasteiger partial charge on any atom is -0.512 e. The van der Waals surface area contributed by atoms with Crippen molar-refractivity contribution in [2.45, 2.75) is 356 Å². The van der Waals surface area contributed by atoms with Crippen LogP contribution in [0.5, 0.6) is 0 Å². The molecule has 15 aliphatic carbocycles. The van der Waals surface area contributed by atoms with Crippen molar-refractivity contribution in [3.8, 4) is 0 Å². The van der Waals surface area contributed by atoms with Crippen LogP contribution in [0.1, 0.15) is 344 Å². The van der Waals surface area contributed by atoms with Crippen molar-refractivity contribution in [3.05, 3.63) is 73.5 Å². The normalized spacial score (nSPS) is 52.6. The molecule has 15 saturated carbocycles. The van der Waals surface area contributed by atoms with E-state index in [1.165, 1.54) is 132 Å². The highest BCUT2D eigenvalue weighted by atomic mass is 16.5. The summed E-state index contributed by atoms with van der Waals surface area (Å²) in [6.07, 6.45) is 38.9. The van der Waals surface area contributed by atoms with Crippen molar-refractivity contribution in [3.63, 3.8) is 0 Å². The maximum Gasteiger partial charge on any atom is 0.0915 e. The molecule has 0 amide bonds. The molecule has 0 spiro atoms. The molecule has 15 aliphatic rings. The van der Waals surface area contributed by atoms with Crippen molar-refractivity contribution < 1.29 is 39.7 Å². The van der Waals surface area contributed by atoms with Crippen LogP contribution >= 0.6 is 0 Å². The van der Waals surface area contributed by atoms with Crippen LogP contribution in [-0.2, 0) is 14.2 Å². The molecule has 0 saturated heterocycles. The summed E-state index contributed by atoms with van der Waals surface area (Å²) in [5, 5.41) is 54.9. The van der Waals surface area contributed by atoms with Crippen LogP contribution in [-0.4, -0.2) is 77.4 Å². The van der Waals surface area contributed by atoms with Gasteiger partial charge in [-0.3, -0.25) is 0 Å². The number of ether oxygens (including phenoxy) is 3. The first kappa shape index (κ1) is 87.5. The fraction of sp³-hybridized carbons (Fsp3) is 0.885. The third-order valence-corrected chi connectivity index (χ3v) is 44.4. The minimum absolute atomic E-state index is 0.0740. The number of aliphatic hydroxyl groups excluding tert-OH is 5. The number of aliphatic hydroxyl groups is 5. The largest absolute Gasteiger partial charge is 0.512 e. The summed E-state index contributed by atoms with van der Waals surface area (Å²) in [5.41, 5.74) is 6.67. The predicted octanol–water partition coefficient (Wildman–Crippen LogP) is 27.0. The fourth-order valence-corrected chi connectivity index (χ4v) is 36.9. The van der Waals surface area contributed by atoms with Gasteiger partial charge in [0.15, 0.2) is 0 Å². The number of hydrogen-bond acceptors (Lipinski definition) is 8. The van der Waals surface area contributed by atoms with Crippen molar-refractivity contribution in [2.75, 3.05) is 39.6 Å². The highest BCUT2D eigenvalue weighted by Crippen LogP contribution is 2.83. The molecule has 0 aromatic carbocycles. The average Bonchev–Trinajstić information content (AvgIpc) is 1.17. The summed E-state index contributed by atoms with van der Waals surface area (Å²) < 4.78 is 17.8. The summed E-state index contributed by atoms with van der Waals surface area (Å²) in [4.78, 5) is 0. The molecule has 0 bridgehead atoms. The van der Waals surface area contributed by atoms with E-state index in [0.29, 0.717) is 152 Å². The lowest BCUT2D eigenvalue weighted by atomic mass is 9.31. The summed E-state index contributed by atoms with van der Waals surface area (Å²) in [6.45, 7) is 79.7. The number of rotatable bonds is 18. The van der Waals surface area contributed by atoms with Crippen molar-refractivity contribution in [2.24, 2.45) is 182 Å². The fourth-order valence-electron chi connectivity index (χ4n) is 36.9. The van der Waals surface area contributed by atoms with E-state index in [1.807, 2.05) is 6.92 Å². The Hall–Kier alpha value is -2.36. The Bertz CT molecular complexity index is 3370. The molecule has 0 aromatic heterocycles. The SMILES string of the molecule is C=C(COC(C)C)[C@@H]1CC[C@]2(C(=C)O)CC[C@]3(C)C(CC[C@@H]4[C@@]5(C)CC[C@H](C)[C@@](C)(CC)[C@@H]5CC[C@]43C)[C@@H]12.C=C(COCC)[C@@H]1CC[C@]2(C(=C)O)CC[C@]3(C)C(CC[C@@H]4[C@@]5(C)CC[C@H](C)[C@@](C)(CC)[C@@H]5CC[C@]43C)[C@@H]12.C=C(COCC)[C@@H]1CC[C@]2(C(=C)O)CC[C@]3(C)C(CC[C@@H]4[C@@]5(C)CC[C@H](O)[C@@](C)(CO)[C@@H]5CC[C@]43C)[C@@H]12. The molecule has 15 fully saturated rings. The lowest BCUT2D eigenvalue weighted by Crippen LogP contribution is -2.67. The average molecular weight is 1550 g/mol. The van der Waals surface area contributed by atoms with E-state index in [0.717, 1.165) is 132 Å². The van der Waals surface area contributed by atoms with Crippen LogP contribution in [0.25, 0.3) is 0 Å². The number of fused-ring (bicyclic) bond motifs is 21. The Kier molecular flexibility index (Phi) is 23.7. The Labute approximate surface area is 686 Å². The maximum atomic E-state index is 11.2. The zero-order valence-corrected chi connectivity index (χ0v) is 76.0. The molecular formula is C104H172O8. The lowest BCUT2D eigenvalue weighted by Gasteiger charge is -2.73. The van der Waals surface area contributed by atoms with E-state index in [-0.39, 0.29) is 45.2 Å². The molecule has 636 valence electrons. The van der Waals surface area contributed by atoms with E-state index in [9.17, 15) is 25.5 Å². The van der Waals surface area contributed by atoms with Crippen LogP contribution in [0.15, 0.2) is 73.5 Å². The topological polar surface area (TPSA) is 129 Å². The molecule has 5 N–H and O–H groups in total. The van der Waals surface area contributed by atoms with Crippen LogP contribution in [0, 0.1) is 182 Å². The highest BCUT2D eigenvalue weighted by Gasteiger charge is 2.76. The van der Waals surface area contributed by atoms with E-state index < -0.39 is 11.5 Å². The van der Waals surface area contributed by atoms with Gasteiger partial charge in [-0.2, -0.15) is 0 Å². The van der Waals surface area contributed by atoms with Crippen molar-refractivity contribution in [1.82, 2.24) is 0 Å². The second kappa shape index (κ2) is 30.4. The monoisotopic (exact) mass is 1550 g/mol. The predicted molar refractivity (Wildman–Crippen MR) is 464 cm³/mol. The molecule has 0 radical (unpaired) electrons. The quantitative estimate of drug-likeness (QED) is 0.0678. The van der Waals surface area contributed by atoms with Gasteiger partial charge in [0.25, 0.3) is 0 Å². The molecule has 15 rings (SSSR count). The van der Waals surface area contributed by atoms with Crippen LogP contribution in [0.2, 0.25) is 0 Å². The smallest absolute Gasteiger partial charge is 0.0915 e. The maximum absolute atomic E-state index is 11.2. The van der Waals surface area contributed by atoms with Gasteiger partial charge >= 0.3 is 0 Å². The molecule has 33 atom stereocenters. The van der Waals surface area contributed by atoms with E-state index >= 15 is 0 Å². The van der Waals surface area contributed by atoms with Gasteiger partial charge in [0, 0.05) is 34.9 Å². The Morgan fingerprint density at radius 2 is 0.652 bits per heavy atom. The molecule has 0 heterocycles. The first-order valence-electron chi connectivity index (χ1n) is 47.7. The van der Waals surface area contributed by atoms with Crippen LogP contribution in [0.4, 0.5) is 0 Å². The minimum atomic E-state index is -0.409. The number of allylic oxidation sites excluding steroid dienone is 3. The van der Waals surface area contributed by atoms with Gasteiger partial charge in [-0.15, -0.1) is 0 Å². The van der Waals surface area contributed by atoms with E-state index in [2.05, 4.69) is 171 Å². The zero-order valence-electron chi connectivity index (χ0n) is 76.0. The van der Waals surface area contributed by atoms with Gasteiger partial charge in [0.1, 0.15) is 0 Å². The second-order valence-corrected chi connectivity index (χ2v) is 46.8. The molecule has 8 nitrogen and oxygen atoms in total. The summed E-state index contributed by atoms with van der Waals surface area (Å²) >= 11 is 0. The Morgan fingerprint density at radius 1 is 0.348 bits per heavy atom. The van der Waals surface area contributed by atoms with Crippen LogP contribution < -0.4 is 0 Å². The standard InChI is InChI=1S/C36H60O2.C35H58O2.C33H54O4/c1-11-32(7)25(5)14-17-33(8)29(32)16-18-35(10)30(33)13-12-28-31-27(24(4)22-38-23(2)3)15-19-36(31,26(6)37)21-20-34(28,35)9;1-10-31(6)24(4)14-17-32(7)28(31)16-18-34(9)29(32)13-12-27-30-26(23(3)22-37-11-2)15-19-35(30,25(5)36)21-20-33(27,34)8;1-8-37-19-21(2)23-11-16-33(22(3)35)18-17-31(6)24(28(23)33)9-10-26-29(4)14-13-27(36)30(5,20-34)25(29)12-15-32(26,31)7/h23,25,27-31,37H,4,6,11-22H2,1-3,5,7-10H3;24,26-30,36H,3,5,10-22H2,1-2,4,6-9H3;23-28,34-36H,2-3,8-20H2,1,4-7H3/t25-,27-,28?,29-,30+,31+,32+,33-,34+,35+,36+;24-,26-,27?,28-,29+,30+,31+,32-,33+,34+,35+;23-,24?,25+,26+,27-,28+,29-,30-,31+,32+,33+/m000/s1. The van der Waals surface area contributed by atoms with Crippen molar-refractivity contribution in [1.29, 1.82) is 0 Å². The van der Waals surface area contributed by atoms with E-state index in [4.69, 9.17) is 14.2 Å². The molecule has 0 aromatic rings. The summed E-state index contributed by atoms with van der Waals surface area (Å²) in [7, 11) is 0. The van der Waals surface area contributed by atoms with Gasteiger partial charge in [-0.05, 0) is 397 Å². The second-order valence-electron chi connectivity index (χ2n) is 46.8. The van der Waals surface area contributed by atoms with Gasteiger partial charge in [0.05, 0.1) is 55.9 Å². The summed E-state index contributed by atoms with van der Waals surface area (Å²) in [6, 6.07) is 0. The third-order valence-electron chi connectivity index (χ3n) is 44.4. The molecular weight excluding hydrogens is 1380 g/mol. The van der Waals surface area contributed by atoms with Crippen molar-refractivity contribution >= 4 is 0 Å². The Balaban J connectivity index is 0.000000147. The van der Waals surface area contributed by atoms with Gasteiger partial charge in [0.2, 0.25) is 0 Å². The molecule has 8 heteroatoms. The third kappa shape index (κ3) is 12.2. The van der Waals surface area contributed by atoms with Gasteiger partial charge < -0.3 is 39.7 Å².